The second-order valence-electron chi connectivity index (χ2n) is 4.52. The fourth-order valence-electron chi connectivity index (χ4n) is 1.80. The third-order valence-electron chi connectivity index (χ3n) is 3.12. The number of esters is 1. The van der Waals surface area contributed by atoms with Crippen molar-refractivity contribution in [1.29, 1.82) is 5.26 Å². The average molecular weight is 284 g/mol. The molecule has 0 aliphatic rings. The Kier molecular flexibility index (Phi) is 4.19. The fraction of sp³-hybridized carbons (Fsp3) is 0.125. The van der Waals surface area contributed by atoms with Crippen molar-refractivity contribution < 1.29 is 13.9 Å². The molecule has 0 bridgehead atoms. The Morgan fingerprint density at radius 3 is 2.76 bits per heavy atom. The first-order chi connectivity index (χ1) is 10.0. The van der Waals surface area contributed by atoms with E-state index in [1.54, 1.807) is 24.3 Å². The van der Waals surface area contributed by atoms with Crippen molar-refractivity contribution >= 4 is 11.7 Å². The SMILES string of the molecule is Cc1c(N)cc(C(=O)OCc2ccccc2C#N)cc1F. The number of hydrogen-bond donors (Lipinski definition) is 1. The van der Waals surface area contributed by atoms with Crippen molar-refractivity contribution in [3.05, 3.63) is 64.5 Å². The molecule has 2 aromatic carbocycles. The molecule has 5 heteroatoms. The van der Waals surface area contributed by atoms with Crippen molar-refractivity contribution in [3.8, 4) is 6.07 Å². The number of rotatable bonds is 3. The number of anilines is 1. The number of nitrogen functional groups attached to an aromatic ring is 1. The van der Waals surface area contributed by atoms with Gasteiger partial charge in [-0.1, -0.05) is 18.2 Å². The summed E-state index contributed by atoms with van der Waals surface area (Å²) in [6.07, 6.45) is 0. The molecule has 0 radical (unpaired) electrons. The number of benzene rings is 2. The molecule has 2 rings (SSSR count). The zero-order chi connectivity index (χ0) is 15.4. The van der Waals surface area contributed by atoms with Gasteiger partial charge in [-0.05, 0) is 25.1 Å². The second-order valence-corrected chi connectivity index (χ2v) is 4.52. The van der Waals surface area contributed by atoms with Crippen molar-refractivity contribution in [2.75, 3.05) is 5.73 Å². The van der Waals surface area contributed by atoms with Crippen LogP contribution >= 0.6 is 0 Å². The monoisotopic (exact) mass is 284 g/mol. The maximum absolute atomic E-state index is 13.6. The summed E-state index contributed by atoms with van der Waals surface area (Å²) in [6, 6.07) is 11.3. The first kappa shape index (κ1) is 14.5. The summed E-state index contributed by atoms with van der Waals surface area (Å²) in [5.74, 6) is -1.24. The Labute approximate surface area is 121 Å². The molecule has 0 fully saturated rings. The molecule has 0 aliphatic heterocycles. The van der Waals surface area contributed by atoms with E-state index in [9.17, 15) is 9.18 Å². The Morgan fingerprint density at radius 1 is 1.38 bits per heavy atom. The van der Waals surface area contributed by atoms with Crippen molar-refractivity contribution in [2.45, 2.75) is 13.5 Å². The zero-order valence-electron chi connectivity index (χ0n) is 11.4. The number of nitrogens with two attached hydrogens (primary N) is 1. The molecule has 0 unspecified atom stereocenters. The van der Waals surface area contributed by atoms with Gasteiger partial charge in [0.15, 0.2) is 0 Å². The highest BCUT2D eigenvalue weighted by atomic mass is 19.1. The van der Waals surface area contributed by atoms with Crippen molar-refractivity contribution in [1.82, 2.24) is 0 Å². The van der Waals surface area contributed by atoms with Gasteiger partial charge >= 0.3 is 5.97 Å². The number of carbonyl (C=O) groups is 1. The largest absolute Gasteiger partial charge is 0.457 e. The van der Waals surface area contributed by atoms with Crippen molar-refractivity contribution in [2.24, 2.45) is 0 Å². The predicted molar refractivity (Wildman–Crippen MR) is 75.8 cm³/mol. The first-order valence-electron chi connectivity index (χ1n) is 6.23. The minimum atomic E-state index is -0.687. The van der Waals surface area contributed by atoms with Crippen LogP contribution in [0.2, 0.25) is 0 Å². The highest BCUT2D eigenvalue weighted by Crippen LogP contribution is 2.19. The smallest absolute Gasteiger partial charge is 0.338 e. The van der Waals surface area contributed by atoms with E-state index >= 15 is 0 Å². The van der Waals surface area contributed by atoms with Crippen LogP contribution in [0.1, 0.15) is 27.0 Å². The highest BCUT2D eigenvalue weighted by molar-refractivity contribution is 5.90. The molecule has 0 heterocycles. The quantitative estimate of drug-likeness (QED) is 0.694. The normalized spacial score (nSPS) is 9.95. The Bertz CT molecular complexity index is 712. The van der Waals surface area contributed by atoms with Gasteiger partial charge in [0.25, 0.3) is 0 Å². The molecule has 21 heavy (non-hydrogen) atoms. The summed E-state index contributed by atoms with van der Waals surface area (Å²) in [7, 11) is 0. The molecule has 106 valence electrons. The number of nitrogens with zero attached hydrogens (tertiary/aromatic N) is 1. The highest BCUT2D eigenvalue weighted by Gasteiger charge is 2.13. The van der Waals surface area contributed by atoms with Gasteiger partial charge in [0.05, 0.1) is 17.2 Å². The molecule has 0 atom stereocenters. The molecular formula is C16H13FN2O2. The topological polar surface area (TPSA) is 76.1 Å². The van der Waals surface area contributed by atoms with Gasteiger partial charge in [-0.15, -0.1) is 0 Å². The summed E-state index contributed by atoms with van der Waals surface area (Å²) in [5.41, 5.74) is 7.18. The van der Waals surface area contributed by atoms with E-state index in [1.807, 2.05) is 6.07 Å². The molecule has 0 saturated heterocycles. The van der Waals surface area contributed by atoms with E-state index in [-0.39, 0.29) is 17.9 Å². The van der Waals surface area contributed by atoms with Crippen LogP contribution in [0.15, 0.2) is 36.4 Å². The van der Waals surface area contributed by atoms with Gasteiger partial charge in [0.2, 0.25) is 0 Å². The zero-order valence-corrected chi connectivity index (χ0v) is 11.4. The van der Waals surface area contributed by atoms with Crippen molar-refractivity contribution in [3.63, 3.8) is 0 Å². The Balaban J connectivity index is 2.14. The van der Waals surface area contributed by atoms with Crippen LogP contribution in [0.4, 0.5) is 10.1 Å². The van der Waals surface area contributed by atoms with Gasteiger partial charge in [-0.25, -0.2) is 9.18 Å². The van der Waals surface area contributed by atoms with Gasteiger partial charge in [0.1, 0.15) is 12.4 Å². The van der Waals surface area contributed by atoms with Gasteiger partial charge in [-0.3, -0.25) is 0 Å². The number of ether oxygens (including phenoxy) is 1. The van der Waals surface area contributed by atoms with Crippen LogP contribution in [0.5, 0.6) is 0 Å². The minimum Gasteiger partial charge on any atom is -0.457 e. The molecule has 4 nitrogen and oxygen atoms in total. The van der Waals surface area contributed by atoms with Gasteiger partial charge < -0.3 is 10.5 Å². The maximum atomic E-state index is 13.6. The molecule has 0 amide bonds. The molecule has 0 aliphatic carbocycles. The van der Waals surface area contributed by atoms with Gasteiger partial charge in [0, 0.05) is 16.8 Å². The summed E-state index contributed by atoms with van der Waals surface area (Å²) in [5, 5.41) is 8.95. The lowest BCUT2D eigenvalue weighted by Gasteiger charge is -2.08. The van der Waals surface area contributed by atoms with Crippen LogP contribution in [-0.2, 0) is 11.3 Å². The molecule has 2 N–H and O–H groups in total. The minimum absolute atomic E-state index is 0.0463. The summed E-state index contributed by atoms with van der Waals surface area (Å²) in [4.78, 5) is 11.9. The van der Waals surface area contributed by atoms with E-state index in [0.29, 0.717) is 16.7 Å². The summed E-state index contributed by atoms with van der Waals surface area (Å²) < 4.78 is 18.6. The summed E-state index contributed by atoms with van der Waals surface area (Å²) in [6.45, 7) is 1.47. The van der Waals surface area contributed by atoms with E-state index in [4.69, 9.17) is 15.7 Å². The van der Waals surface area contributed by atoms with Crippen LogP contribution in [-0.4, -0.2) is 5.97 Å². The maximum Gasteiger partial charge on any atom is 0.338 e. The number of halogens is 1. The predicted octanol–water partition coefficient (Wildman–Crippen LogP) is 2.95. The number of carbonyl (C=O) groups excluding carboxylic acids is 1. The lowest BCUT2D eigenvalue weighted by Crippen LogP contribution is -2.08. The lowest BCUT2D eigenvalue weighted by molar-refractivity contribution is 0.0472. The van der Waals surface area contributed by atoms with Crippen LogP contribution in [0.3, 0.4) is 0 Å². The van der Waals surface area contributed by atoms with E-state index in [1.165, 1.54) is 13.0 Å². The van der Waals surface area contributed by atoms with Gasteiger partial charge in [-0.2, -0.15) is 5.26 Å². The molecule has 0 spiro atoms. The Morgan fingerprint density at radius 2 is 2.10 bits per heavy atom. The first-order valence-corrected chi connectivity index (χ1v) is 6.23. The van der Waals surface area contributed by atoms with Crippen LogP contribution < -0.4 is 5.73 Å². The average Bonchev–Trinajstić information content (AvgIpc) is 2.49. The fourth-order valence-corrected chi connectivity index (χ4v) is 1.80. The molecular weight excluding hydrogens is 271 g/mol. The van der Waals surface area contributed by atoms with E-state index in [0.717, 1.165) is 6.07 Å². The van der Waals surface area contributed by atoms with Crippen LogP contribution in [0.25, 0.3) is 0 Å². The lowest BCUT2D eigenvalue weighted by atomic mass is 10.1. The molecule has 0 aromatic heterocycles. The standard InChI is InChI=1S/C16H13FN2O2/c1-10-14(17)6-13(7-15(10)19)16(20)21-9-12-5-3-2-4-11(12)8-18/h2-7H,9,19H2,1H3. The summed E-state index contributed by atoms with van der Waals surface area (Å²) >= 11 is 0. The second kappa shape index (κ2) is 6.06. The van der Waals surface area contributed by atoms with Crippen LogP contribution in [0, 0.1) is 24.1 Å². The third-order valence-corrected chi connectivity index (χ3v) is 3.12. The Hall–Kier alpha value is -2.87. The number of nitriles is 1. The van der Waals surface area contributed by atoms with E-state index < -0.39 is 11.8 Å². The number of hydrogen-bond acceptors (Lipinski definition) is 4. The third kappa shape index (κ3) is 3.18. The molecule has 2 aromatic rings. The molecule has 0 saturated carbocycles. The van der Waals surface area contributed by atoms with E-state index in [2.05, 4.69) is 0 Å².